The molecular formula is C12H18N2S. The lowest BCUT2D eigenvalue weighted by Gasteiger charge is -2.26. The van der Waals surface area contributed by atoms with E-state index in [2.05, 4.69) is 41.1 Å². The van der Waals surface area contributed by atoms with Gasteiger partial charge in [-0.1, -0.05) is 6.07 Å². The Bertz CT molecular complexity index is 283. The fraction of sp³-hybridized carbons (Fsp3) is 0.583. The van der Waals surface area contributed by atoms with E-state index in [0.29, 0.717) is 12.1 Å². The highest BCUT2D eigenvalue weighted by Gasteiger charge is 2.16. The molecule has 0 amide bonds. The van der Waals surface area contributed by atoms with Gasteiger partial charge in [0.25, 0.3) is 0 Å². The van der Waals surface area contributed by atoms with Crippen LogP contribution in [0, 0.1) is 0 Å². The normalized spacial score (nSPS) is 20.1. The summed E-state index contributed by atoms with van der Waals surface area (Å²) in [5.74, 6) is 2.60. The fourth-order valence-electron chi connectivity index (χ4n) is 1.94. The Morgan fingerprint density at radius 1 is 1.40 bits per heavy atom. The maximum atomic E-state index is 4.38. The minimum Gasteiger partial charge on any atom is -0.306 e. The number of nitrogens with zero attached hydrogens (tertiary/aromatic N) is 1. The molecule has 2 nitrogen and oxygen atoms in total. The summed E-state index contributed by atoms with van der Waals surface area (Å²) in [6.07, 6.45) is 4.45. The predicted molar refractivity (Wildman–Crippen MR) is 66.1 cm³/mol. The number of hydrogen-bond acceptors (Lipinski definition) is 3. The number of hydrogen-bond donors (Lipinski definition) is 1. The average molecular weight is 222 g/mol. The van der Waals surface area contributed by atoms with Gasteiger partial charge in [-0.25, -0.2) is 0 Å². The molecule has 1 aromatic heterocycles. The first kappa shape index (κ1) is 11.0. The molecule has 1 N–H and O–H groups in total. The topological polar surface area (TPSA) is 24.9 Å². The lowest BCUT2D eigenvalue weighted by molar-refractivity contribution is 0.426. The average Bonchev–Trinajstić information content (AvgIpc) is 2.31. The summed E-state index contributed by atoms with van der Waals surface area (Å²) in [6, 6.07) is 7.17. The zero-order valence-corrected chi connectivity index (χ0v) is 9.96. The van der Waals surface area contributed by atoms with Crippen LogP contribution in [0.1, 0.15) is 31.5 Å². The molecule has 0 aromatic carbocycles. The number of aromatic nitrogens is 1. The van der Waals surface area contributed by atoms with Crippen LogP contribution in [0.25, 0.3) is 0 Å². The molecule has 1 fully saturated rings. The van der Waals surface area contributed by atoms with Gasteiger partial charge in [0.15, 0.2) is 0 Å². The maximum absolute atomic E-state index is 4.38. The van der Waals surface area contributed by atoms with E-state index in [-0.39, 0.29) is 0 Å². The van der Waals surface area contributed by atoms with Crippen molar-refractivity contribution in [3.05, 3.63) is 30.1 Å². The van der Waals surface area contributed by atoms with E-state index in [4.69, 9.17) is 0 Å². The second-order valence-electron chi connectivity index (χ2n) is 4.03. The highest BCUT2D eigenvalue weighted by molar-refractivity contribution is 7.99. The van der Waals surface area contributed by atoms with Crippen molar-refractivity contribution in [3.63, 3.8) is 0 Å². The summed E-state index contributed by atoms with van der Waals surface area (Å²) in [4.78, 5) is 4.38. The summed E-state index contributed by atoms with van der Waals surface area (Å²) in [5.41, 5.74) is 1.15. The fourth-order valence-corrected chi connectivity index (χ4v) is 3.04. The van der Waals surface area contributed by atoms with Gasteiger partial charge in [0.05, 0.1) is 5.69 Å². The zero-order valence-electron chi connectivity index (χ0n) is 9.15. The van der Waals surface area contributed by atoms with E-state index < -0.39 is 0 Å². The Morgan fingerprint density at radius 3 is 2.87 bits per heavy atom. The Balaban J connectivity index is 1.88. The van der Waals surface area contributed by atoms with Crippen molar-refractivity contribution in [2.45, 2.75) is 31.8 Å². The standard InChI is InChI=1S/C12H18N2S/c1-10(12-4-2-3-7-13-12)14-11-5-8-15-9-6-11/h2-4,7,10-11,14H,5-6,8-9H2,1H3/t10-/m0/s1. The molecule has 0 radical (unpaired) electrons. The lowest BCUT2D eigenvalue weighted by atomic mass is 10.1. The molecule has 0 spiro atoms. The van der Waals surface area contributed by atoms with Gasteiger partial charge in [-0.2, -0.15) is 11.8 Å². The SMILES string of the molecule is C[C@H](NC1CCSCC1)c1ccccn1. The van der Waals surface area contributed by atoms with E-state index in [9.17, 15) is 0 Å². The van der Waals surface area contributed by atoms with Crippen molar-refractivity contribution in [2.75, 3.05) is 11.5 Å². The van der Waals surface area contributed by atoms with Crippen molar-refractivity contribution in [3.8, 4) is 0 Å². The quantitative estimate of drug-likeness (QED) is 0.851. The first-order chi connectivity index (χ1) is 7.36. The van der Waals surface area contributed by atoms with Crippen LogP contribution < -0.4 is 5.32 Å². The molecular weight excluding hydrogens is 204 g/mol. The van der Waals surface area contributed by atoms with Crippen LogP contribution in [0.5, 0.6) is 0 Å². The molecule has 3 heteroatoms. The largest absolute Gasteiger partial charge is 0.306 e. The Labute approximate surface area is 95.9 Å². The summed E-state index contributed by atoms with van der Waals surface area (Å²) >= 11 is 2.07. The van der Waals surface area contributed by atoms with E-state index in [0.717, 1.165) is 5.69 Å². The molecule has 82 valence electrons. The minimum absolute atomic E-state index is 0.374. The number of nitrogens with one attached hydrogen (secondary N) is 1. The summed E-state index contributed by atoms with van der Waals surface area (Å²) in [6.45, 7) is 2.20. The van der Waals surface area contributed by atoms with Crippen LogP contribution in [0.4, 0.5) is 0 Å². The zero-order chi connectivity index (χ0) is 10.5. The van der Waals surface area contributed by atoms with Crippen LogP contribution >= 0.6 is 11.8 Å². The van der Waals surface area contributed by atoms with Crippen LogP contribution in [-0.2, 0) is 0 Å². The van der Waals surface area contributed by atoms with Crippen LogP contribution in [0.15, 0.2) is 24.4 Å². The van der Waals surface area contributed by atoms with Gasteiger partial charge in [-0.05, 0) is 43.4 Å². The molecule has 1 aromatic rings. The smallest absolute Gasteiger partial charge is 0.0570 e. The van der Waals surface area contributed by atoms with Gasteiger partial charge < -0.3 is 5.32 Å². The molecule has 0 bridgehead atoms. The van der Waals surface area contributed by atoms with E-state index in [1.807, 2.05) is 12.3 Å². The third-order valence-corrected chi connectivity index (χ3v) is 3.89. The molecule has 0 unspecified atom stereocenters. The van der Waals surface area contributed by atoms with E-state index in [1.54, 1.807) is 0 Å². The van der Waals surface area contributed by atoms with E-state index in [1.165, 1.54) is 24.3 Å². The highest BCUT2D eigenvalue weighted by atomic mass is 32.2. The molecule has 1 saturated heterocycles. The van der Waals surface area contributed by atoms with E-state index >= 15 is 0 Å². The monoisotopic (exact) mass is 222 g/mol. The molecule has 0 saturated carbocycles. The van der Waals surface area contributed by atoms with Gasteiger partial charge in [0.2, 0.25) is 0 Å². The molecule has 1 aliphatic rings. The van der Waals surface area contributed by atoms with Crippen molar-refractivity contribution in [1.82, 2.24) is 10.3 Å². The van der Waals surface area contributed by atoms with Gasteiger partial charge in [0.1, 0.15) is 0 Å². The van der Waals surface area contributed by atoms with Gasteiger partial charge >= 0.3 is 0 Å². The lowest BCUT2D eigenvalue weighted by Crippen LogP contribution is -2.34. The number of pyridine rings is 1. The predicted octanol–water partition coefficient (Wildman–Crippen LogP) is 2.63. The van der Waals surface area contributed by atoms with Gasteiger partial charge in [0, 0.05) is 18.3 Å². The second kappa shape index (κ2) is 5.52. The third kappa shape index (κ3) is 3.21. The Kier molecular flexibility index (Phi) is 4.03. The number of rotatable bonds is 3. The van der Waals surface area contributed by atoms with Crippen molar-refractivity contribution >= 4 is 11.8 Å². The molecule has 2 rings (SSSR count). The first-order valence-corrected chi connectivity index (χ1v) is 6.76. The first-order valence-electron chi connectivity index (χ1n) is 5.61. The highest BCUT2D eigenvalue weighted by Crippen LogP contribution is 2.19. The van der Waals surface area contributed by atoms with Crippen LogP contribution in [0.2, 0.25) is 0 Å². The Hall–Kier alpha value is -0.540. The van der Waals surface area contributed by atoms with Crippen LogP contribution in [-0.4, -0.2) is 22.5 Å². The molecule has 1 aliphatic heterocycles. The number of thioether (sulfide) groups is 1. The van der Waals surface area contributed by atoms with Crippen LogP contribution in [0.3, 0.4) is 0 Å². The molecule has 1 atom stereocenters. The Morgan fingerprint density at radius 2 is 2.20 bits per heavy atom. The summed E-state index contributed by atoms with van der Waals surface area (Å²) in [7, 11) is 0. The molecule has 2 heterocycles. The second-order valence-corrected chi connectivity index (χ2v) is 5.25. The molecule has 15 heavy (non-hydrogen) atoms. The van der Waals surface area contributed by atoms with Gasteiger partial charge in [-0.3, -0.25) is 4.98 Å². The minimum atomic E-state index is 0.374. The maximum Gasteiger partial charge on any atom is 0.0570 e. The summed E-state index contributed by atoms with van der Waals surface area (Å²) in [5, 5.41) is 3.66. The third-order valence-electron chi connectivity index (χ3n) is 2.84. The van der Waals surface area contributed by atoms with Crippen molar-refractivity contribution in [2.24, 2.45) is 0 Å². The molecule has 0 aliphatic carbocycles. The van der Waals surface area contributed by atoms with Crippen molar-refractivity contribution < 1.29 is 0 Å². The van der Waals surface area contributed by atoms with Gasteiger partial charge in [-0.15, -0.1) is 0 Å². The summed E-state index contributed by atoms with van der Waals surface area (Å²) < 4.78 is 0. The van der Waals surface area contributed by atoms with Crippen molar-refractivity contribution in [1.29, 1.82) is 0 Å².